The third kappa shape index (κ3) is 3.22. The Morgan fingerprint density at radius 1 is 1.20 bits per heavy atom. The second-order valence-corrected chi connectivity index (χ2v) is 6.95. The van der Waals surface area contributed by atoms with Gasteiger partial charge >= 0.3 is 0 Å². The van der Waals surface area contributed by atoms with E-state index in [2.05, 4.69) is 16.3 Å². The van der Waals surface area contributed by atoms with Crippen LogP contribution in [0.1, 0.15) is 29.5 Å². The van der Waals surface area contributed by atoms with Crippen molar-refractivity contribution in [2.24, 2.45) is 5.73 Å². The second-order valence-electron chi connectivity index (χ2n) is 6.95. The highest BCUT2D eigenvalue weighted by atomic mass is 16.5. The number of aromatic nitrogens is 2. The summed E-state index contributed by atoms with van der Waals surface area (Å²) in [5.41, 5.74) is 10.8. The molecular weight excluding hydrogens is 380 g/mol. The van der Waals surface area contributed by atoms with Crippen molar-refractivity contribution in [1.82, 2.24) is 10.2 Å². The summed E-state index contributed by atoms with van der Waals surface area (Å²) >= 11 is 0. The molecule has 0 aliphatic carbocycles. The SMILES string of the molecule is CCOc1ccc(-c2[nH]nc3c2C(c2ccc(C)cc2)C(C#N)=C(N)O3)cc1OC. The van der Waals surface area contributed by atoms with E-state index in [1.807, 2.05) is 56.3 Å². The van der Waals surface area contributed by atoms with Crippen LogP contribution in [0.2, 0.25) is 0 Å². The number of hydrogen-bond acceptors (Lipinski definition) is 6. The Bertz CT molecular complexity index is 1160. The zero-order valence-corrected chi connectivity index (χ0v) is 17.0. The first-order valence-corrected chi connectivity index (χ1v) is 9.61. The number of ether oxygens (including phenoxy) is 3. The molecule has 1 aromatic heterocycles. The number of nitrogens with one attached hydrogen (secondary N) is 1. The molecule has 2 aromatic carbocycles. The van der Waals surface area contributed by atoms with E-state index in [0.717, 1.165) is 27.9 Å². The van der Waals surface area contributed by atoms with Gasteiger partial charge in [0, 0.05) is 5.56 Å². The maximum atomic E-state index is 9.81. The Labute approximate surface area is 174 Å². The molecule has 0 saturated heterocycles. The molecule has 1 unspecified atom stereocenters. The van der Waals surface area contributed by atoms with Crippen molar-refractivity contribution in [2.45, 2.75) is 19.8 Å². The Balaban J connectivity index is 1.89. The van der Waals surface area contributed by atoms with Gasteiger partial charge in [0.15, 0.2) is 11.5 Å². The van der Waals surface area contributed by atoms with E-state index < -0.39 is 5.92 Å². The molecule has 1 aliphatic rings. The number of nitrogens with two attached hydrogens (primary N) is 1. The van der Waals surface area contributed by atoms with Gasteiger partial charge in [0.05, 0.1) is 30.9 Å². The van der Waals surface area contributed by atoms with E-state index in [9.17, 15) is 5.26 Å². The number of H-pyrrole nitrogens is 1. The minimum Gasteiger partial charge on any atom is -0.493 e. The first kappa shape index (κ1) is 19.4. The normalized spacial score (nSPS) is 15.2. The summed E-state index contributed by atoms with van der Waals surface area (Å²) in [7, 11) is 1.60. The smallest absolute Gasteiger partial charge is 0.244 e. The molecule has 0 fully saturated rings. The fourth-order valence-corrected chi connectivity index (χ4v) is 3.66. The highest BCUT2D eigenvalue weighted by Crippen LogP contribution is 2.46. The predicted molar refractivity (Wildman–Crippen MR) is 112 cm³/mol. The van der Waals surface area contributed by atoms with Crippen molar-refractivity contribution in [3.8, 4) is 34.7 Å². The van der Waals surface area contributed by atoms with Gasteiger partial charge in [0.25, 0.3) is 0 Å². The Morgan fingerprint density at radius 2 is 1.97 bits per heavy atom. The van der Waals surface area contributed by atoms with E-state index in [1.165, 1.54) is 0 Å². The van der Waals surface area contributed by atoms with Crippen LogP contribution in [-0.2, 0) is 0 Å². The monoisotopic (exact) mass is 402 g/mol. The van der Waals surface area contributed by atoms with Crippen LogP contribution in [0.5, 0.6) is 17.4 Å². The third-order valence-electron chi connectivity index (χ3n) is 5.10. The predicted octanol–water partition coefficient (Wildman–Crippen LogP) is 4.01. The summed E-state index contributed by atoms with van der Waals surface area (Å²) in [5, 5.41) is 17.2. The molecule has 0 amide bonds. The van der Waals surface area contributed by atoms with Gasteiger partial charge < -0.3 is 19.9 Å². The van der Waals surface area contributed by atoms with Crippen molar-refractivity contribution in [3.63, 3.8) is 0 Å². The molecule has 2 heterocycles. The highest BCUT2D eigenvalue weighted by molar-refractivity contribution is 5.72. The summed E-state index contributed by atoms with van der Waals surface area (Å²) in [4.78, 5) is 0. The number of allylic oxidation sites excluding steroid dienone is 1. The van der Waals surface area contributed by atoms with Crippen LogP contribution in [0.4, 0.5) is 0 Å². The van der Waals surface area contributed by atoms with Crippen molar-refractivity contribution in [3.05, 3.63) is 70.6 Å². The van der Waals surface area contributed by atoms with Gasteiger partial charge in [0.1, 0.15) is 11.6 Å². The quantitative estimate of drug-likeness (QED) is 0.668. The third-order valence-corrected chi connectivity index (χ3v) is 5.10. The van der Waals surface area contributed by atoms with Crippen LogP contribution in [0.25, 0.3) is 11.3 Å². The first-order chi connectivity index (χ1) is 14.6. The molecule has 1 atom stereocenters. The number of aromatic amines is 1. The molecule has 3 aromatic rings. The summed E-state index contributed by atoms with van der Waals surface area (Å²) in [6, 6.07) is 15.9. The maximum Gasteiger partial charge on any atom is 0.244 e. The molecule has 1 aliphatic heterocycles. The minimum absolute atomic E-state index is 0.0675. The van der Waals surface area contributed by atoms with Crippen LogP contribution in [0.15, 0.2) is 53.9 Å². The van der Waals surface area contributed by atoms with Gasteiger partial charge in [0.2, 0.25) is 11.8 Å². The summed E-state index contributed by atoms with van der Waals surface area (Å²) < 4.78 is 16.8. The van der Waals surface area contributed by atoms with Crippen LogP contribution in [0, 0.1) is 18.3 Å². The molecule has 0 radical (unpaired) electrons. The molecule has 152 valence electrons. The van der Waals surface area contributed by atoms with E-state index in [1.54, 1.807) is 7.11 Å². The molecule has 0 bridgehead atoms. The minimum atomic E-state index is -0.398. The van der Waals surface area contributed by atoms with Gasteiger partial charge in [-0.25, -0.2) is 0 Å². The number of hydrogen-bond donors (Lipinski definition) is 2. The van der Waals surface area contributed by atoms with Gasteiger partial charge in [-0.05, 0) is 37.6 Å². The summed E-state index contributed by atoms with van der Waals surface area (Å²) in [5.74, 6) is 1.30. The lowest BCUT2D eigenvalue weighted by atomic mass is 9.83. The standard InChI is InChI=1S/C23H22N4O3/c1-4-29-17-10-9-15(11-18(17)28-3)21-20-19(14-7-5-13(2)6-8-14)16(12-24)22(25)30-23(20)27-26-21/h5-11,19H,4,25H2,1-3H3,(H,26,27). The molecule has 4 rings (SSSR count). The second kappa shape index (κ2) is 7.84. The van der Waals surface area contributed by atoms with E-state index in [-0.39, 0.29) is 5.88 Å². The Morgan fingerprint density at radius 3 is 2.63 bits per heavy atom. The number of nitrogens with zero attached hydrogens (tertiary/aromatic N) is 2. The lowest BCUT2D eigenvalue weighted by Gasteiger charge is -2.24. The van der Waals surface area contributed by atoms with Gasteiger partial charge in [-0.3, -0.25) is 5.10 Å². The van der Waals surface area contributed by atoms with Crippen LogP contribution in [0.3, 0.4) is 0 Å². The van der Waals surface area contributed by atoms with Crippen molar-refractivity contribution in [2.75, 3.05) is 13.7 Å². The number of fused-ring (bicyclic) bond motifs is 1. The van der Waals surface area contributed by atoms with Crippen LogP contribution < -0.4 is 19.9 Å². The lowest BCUT2D eigenvalue weighted by Crippen LogP contribution is -2.21. The zero-order valence-electron chi connectivity index (χ0n) is 17.0. The highest BCUT2D eigenvalue weighted by Gasteiger charge is 2.35. The number of methoxy groups -OCH3 is 1. The lowest BCUT2D eigenvalue weighted by molar-refractivity contribution is 0.311. The van der Waals surface area contributed by atoms with Crippen LogP contribution >= 0.6 is 0 Å². The van der Waals surface area contributed by atoms with Crippen molar-refractivity contribution >= 4 is 0 Å². The van der Waals surface area contributed by atoms with E-state index in [4.69, 9.17) is 19.9 Å². The number of benzene rings is 2. The number of nitriles is 1. The summed E-state index contributed by atoms with van der Waals surface area (Å²) in [6.07, 6.45) is 0. The average molecular weight is 402 g/mol. The molecular formula is C23H22N4O3. The van der Waals surface area contributed by atoms with Crippen LogP contribution in [-0.4, -0.2) is 23.9 Å². The Kier molecular flexibility index (Phi) is 5.07. The molecule has 7 heteroatoms. The first-order valence-electron chi connectivity index (χ1n) is 9.61. The van der Waals surface area contributed by atoms with Gasteiger partial charge in [-0.1, -0.05) is 29.8 Å². The molecule has 30 heavy (non-hydrogen) atoms. The van der Waals surface area contributed by atoms with Crippen molar-refractivity contribution in [1.29, 1.82) is 5.26 Å². The van der Waals surface area contributed by atoms with E-state index in [0.29, 0.717) is 29.6 Å². The number of aryl methyl sites for hydroxylation is 1. The number of rotatable bonds is 5. The van der Waals surface area contributed by atoms with Gasteiger partial charge in [-0.2, -0.15) is 5.26 Å². The molecule has 7 nitrogen and oxygen atoms in total. The fraction of sp³-hybridized carbons (Fsp3) is 0.217. The topological polar surface area (TPSA) is 106 Å². The maximum absolute atomic E-state index is 9.81. The summed E-state index contributed by atoms with van der Waals surface area (Å²) in [6.45, 7) is 4.47. The molecule has 0 saturated carbocycles. The largest absolute Gasteiger partial charge is 0.493 e. The average Bonchev–Trinajstić information content (AvgIpc) is 3.17. The van der Waals surface area contributed by atoms with E-state index >= 15 is 0 Å². The zero-order chi connectivity index (χ0) is 21.3. The van der Waals surface area contributed by atoms with Gasteiger partial charge in [-0.15, -0.1) is 5.10 Å². The fourth-order valence-electron chi connectivity index (χ4n) is 3.66. The molecule has 0 spiro atoms. The molecule has 3 N–H and O–H groups in total. The van der Waals surface area contributed by atoms with Crippen molar-refractivity contribution < 1.29 is 14.2 Å². The Hall–Kier alpha value is -3.92.